The number of rotatable bonds is 5. The second-order valence-electron chi connectivity index (χ2n) is 5.93. The van der Waals surface area contributed by atoms with Crippen LogP contribution in [-0.2, 0) is 14.4 Å². The molecule has 0 spiro atoms. The SMILES string of the molecule is CC(=O)NC(C(=O)NC1CC(C(=O)O)C1)C1CCCC1. The van der Waals surface area contributed by atoms with Crippen molar-refractivity contribution in [1.82, 2.24) is 10.6 Å². The second kappa shape index (κ2) is 6.24. The van der Waals surface area contributed by atoms with Crippen LogP contribution in [0.1, 0.15) is 45.4 Å². The first kappa shape index (κ1) is 14.8. The molecular weight excluding hydrogens is 260 g/mol. The fraction of sp³-hybridized carbons (Fsp3) is 0.786. The van der Waals surface area contributed by atoms with Crippen LogP contribution in [0.5, 0.6) is 0 Å². The average molecular weight is 282 g/mol. The summed E-state index contributed by atoms with van der Waals surface area (Å²) in [4.78, 5) is 34.3. The van der Waals surface area contributed by atoms with E-state index in [0.717, 1.165) is 25.7 Å². The molecule has 2 saturated carbocycles. The standard InChI is InChI=1S/C14H22N2O4/c1-8(17)15-12(9-4-2-3-5-9)13(18)16-11-6-10(7-11)14(19)20/h9-12H,2-7H2,1H3,(H,15,17)(H,16,18)(H,19,20). The van der Waals surface area contributed by atoms with E-state index in [-0.39, 0.29) is 29.7 Å². The highest BCUT2D eigenvalue weighted by Gasteiger charge is 2.38. The zero-order chi connectivity index (χ0) is 14.7. The van der Waals surface area contributed by atoms with Crippen molar-refractivity contribution in [2.75, 3.05) is 0 Å². The molecule has 6 heteroatoms. The van der Waals surface area contributed by atoms with Gasteiger partial charge in [0.2, 0.25) is 11.8 Å². The van der Waals surface area contributed by atoms with E-state index >= 15 is 0 Å². The van der Waals surface area contributed by atoms with Gasteiger partial charge in [0.25, 0.3) is 0 Å². The lowest BCUT2D eigenvalue weighted by atomic mass is 9.80. The number of carbonyl (C=O) groups excluding carboxylic acids is 2. The Kier molecular flexibility index (Phi) is 4.62. The molecule has 112 valence electrons. The molecule has 0 radical (unpaired) electrons. The Morgan fingerprint density at radius 2 is 1.75 bits per heavy atom. The number of amides is 2. The summed E-state index contributed by atoms with van der Waals surface area (Å²) in [6.45, 7) is 1.42. The molecule has 0 heterocycles. The predicted molar refractivity (Wildman–Crippen MR) is 71.9 cm³/mol. The monoisotopic (exact) mass is 282 g/mol. The molecule has 1 unspecified atom stereocenters. The Hall–Kier alpha value is -1.59. The molecule has 0 bridgehead atoms. The molecule has 0 aliphatic heterocycles. The van der Waals surface area contributed by atoms with Crippen LogP contribution in [0.3, 0.4) is 0 Å². The van der Waals surface area contributed by atoms with E-state index in [2.05, 4.69) is 10.6 Å². The molecule has 0 aromatic rings. The summed E-state index contributed by atoms with van der Waals surface area (Å²) in [6, 6.07) is -0.542. The van der Waals surface area contributed by atoms with Gasteiger partial charge in [-0.2, -0.15) is 0 Å². The number of nitrogens with one attached hydrogen (secondary N) is 2. The zero-order valence-corrected chi connectivity index (χ0v) is 11.7. The van der Waals surface area contributed by atoms with Crippen LogP contribution in [0.15, 0.2) is 0 Å². The Morgan fingerprint density at radius 3 is 2.25 bits per heavy atom. The summed E-state index contributed by atoms with van der Waals surface area (Å²) in [5.41, 5.74) is 0. The molecule has 2 aliphatic rings. The molecular formula is C14H22N2O4. The number of hydrogen-bond acceptors (Lipinski definition) is 3. The quantitative estimate of drug-likeness (QED) is 0.690. The highest BCUT2D eigenvalue weighted by Crippen LogP contribution is 2.30. The van der Waals surface area contributed by atoms with E-state index in [1.54, 1.807) is 0 Å². The van der Waals surface area contributed by atoms with E-state index in [4.69, 9.17) is 5.11 Å². The molecule has 2 fully saturated rings. The molecule has 1 atom stereocenters. The lowest BCUT2D eigenvalue weighted by molar-refractivity contribution is -0.146. The molecule has 0 saturated heterocycles. The van der Waals surface area contributed by atoms with Crippen LogP contribution in [0.4, 0.5) is 0 Å². The highest BCUT2D eigenvalue weighted by atomic mass is 16.4. The van der Waals surface area contributed by atoms with Crippen molar-refractivity contribution in [3.63, 3.8) is 0 Å². The van der Waals surface area contributed by atoms with Gasteiger partial charge < -0.3 is 15.7 Å². The average Bonchev–Trinajstić information content (AvgIpc) is 2.82. The van der Waals surface area contributed by atoms with Crippen LogP contribution in [0, 0.1) is 11.8 Å². The molecule has 2 rings (SSSR count). The zero-order valence-electron chi connectivity index (χ0n) is 11.7. The largest absolute Gasteiger partial charge is 0.481 e. The van der Waals surface area contributed by atoms with Crippen LogP contribution >= 0.6 is 0 Å². The summed E-state index contributed by atoms with van der Waals surface area (Å²) in [5.74, 6) is -1.31. The van der Waals surface area contributed by atoms with Crippen LogP contribution < -0.4 is 10.6 Å². The van der Waals surface area contributed by atoms with E-state index in [9.17, 15) is 14.4 Å². The summed E-state index contributed by atoms with van der Waals surface area (Å²) in [6.07, 6.45) is 5.08. The number of carboxylic acids is 1. The van der Waals surface area contributed by atoms with Crippen molar-refractivity contribution in [3.05, 3.63) is 0 Å². The summed E-state index contributed by atoms with van der Waals surface area (Å²) >= 11 is 0. The Morgan fingerprint density at radius 1 is 1.15 bits per heavy atom. The third kappa shape index (κ3) is 3.49. The lowest BCUT2D eigenvalue weighted by Gasteiger charge is -2.34. The van der Waals surface area contributed by atoms with E-state index in [0.29, 0.717) is 12.8 Å². The van der Waals surface area contributed by atoms with Crippen molar-refractivity contribution in [3.8, 4) is 0 Å². The maximum atomic E-state index is 12.3. The van der Waals surface area contributed by atoms with Crippen molar-refractivity contribution < 1.29 is 19.5 Å². The van der Waals surface area contributed by atoms with Gasteiger partial charge in [0, 0.05) is 13.0 Å². The van der Waals surface area contributed by atoms with Crippen molar-refractivity contribution in [2.24, 2.45) is 11.8 Å². The van der Waals surface area contributed by atoms with Gasteiger partial charge in [-0.25, -0.2) is 0 Å². The summed E-state index contributed by atoms with van der Waals surface area (Å²) in [5, 5.41) is 14.4. The van der Waals surface area contributed by atoms with Crippen molar-refractivity contribution in [2.45, 2.75) is 57.5 Å². The van der Waals surface area contributed by atoms with E-state index in [1.165, 1.54) is 6.92 Å². The summed E-state index contributed by atoms with van der Waals surface area (Å²) < 4.78 is 0. The predicted octanol–water partition coefficient (Wildman–Crippen LogP) is 0.661. The van der Waals surface area contributed by atoms with Crippen molar-refractivity contribution >= 4 is 17.8 Å². The molecule has 2 aliphatic carbocycles. The van der Waals surface area contributed by atoms with Gasteiger partial charge in [-0.1, -0.05) is 12.8 Å². The first-order valence-electron chi connectivity index (χ1n) is 7.27. The number of hydrogen-bond donors (Lipinski definition) is 3. The fourth-order valence-corrected chi connectivity index (χ4v) is 3.14. The normalized spacial score (nSPS) is 27.4. The topological polar surface area (TPSA) is 95.5 Å². The van der Waals surface area contributed by atoms with Gasteiger partial charge in [0.1, 0.15) is 6.04 Å². The van der Waals surface area contributed by atoms with Crippen molar-refractivity contribution in [1.29, 1.82) is 0 Å². The molecule has 6 nitrogen and oxygen atoms in total. The van der Waals surface area contributed by atoms with E-state index < -0.39 is 12.0 Å². The van der Waals surface area contributed by atoms with Gasteiger partial charge >= 0.3 is 5.97 Å². The fourth-order valence-electron chi connectivity index (χ4n) is 3.14. The first-order valence-corrected chi connectivity index (χ1v) is 7.27. The van der Waals surface area contributed by atoms with Gasteiger partial charge in [-0.3, -0.25) is 14.4 Å². The van der Waals surface area contributed by atoms with Gasteiger partial charge in [0.15, 0.2) is 0 Å². The smallest absolute Gasteiger partial charge is 0.306 e. The third-order valence-electron chi connectivity index (χ3n) is 4.35. The molecule has 2 amide bonds. The lowest BCUT2D eigenvalue weighted by Crippen LogP contribution is -2.55. The minimum absolute atomic E-state index is 0.0683. The van der Waals surface area contributed by atoms with E-state index in [1.807, 2.05) is 0 Å². The maximum absolute atomic E-state index is 12.3. The minimum atomic E-state index is -0.801. The molecule has 20 heavy (non-hydrogen) atoms. The van der Waals surface area contributed by atoms with Gasteiger partial charge in [-0.05, 0) is 31.6 Å². The maximum Gasteiger partial charge on any atom is 0.306 e. The first-order chi connectivity index (χ1) is 9.47. The number of aliphatic carboxylic acids is 1. The Labute approximate surface area is 118 Å². The van der Waals surface area contributed by atoms with Crippen LogP contribution in [-0.4, -0.2) is 35.0 Å². The van der Waals surface area contributed by atoms with Crippen LogP contribution in [0.2, 0.25) is 0 Å². The molecule has 3 N–H and O–H groups in total. The van der Waals surface area contributed by atoms with Crippen LogP contribution in [0.25, 0.3) is 0 Å². The Bertz CT molecular complexity index is 398. The highest BCUT2D eigenvalue weighted by molar-refractivity contribution is 5.87. The Balaban J connectivity index is 1.86. The minimum Gasteiger partial charge on any atom is -0.481 e. The molecule has 0 aromatic carbocycles. The molecule has 0 aromatic heterocycles. The van der Waals surface area contributed by atoms with Gasteiger partial charge in [0.05, 0.1) is 5.92 Å². The summed E-state index contributed by atoms with van der Waals surface area (Å²) in [7, 11) is 0. The third-order valence-corrected chi connectivity index (χ3v) is 4.35. The number of carboxylic acid groups (broad SMARTS) is 1. The van der Waals surface area contributed by atoms with Gasteiger partial charge in [-0.15, -0.1) is 0 Å². The second-order valence-corrected chi connectivity index (χ2v) is 5.93. The number of carbonyl (C=O) groups is 3.